The van der Waals surface area contributed by atoms with Gasteiger partial charge in [-0.05, 0) is 18.6 Å². The van der Waals surface area contributed by atoms with E-state index in [0.29, 0.717) is 5.75 Å². The molecule has 0 spiro atoms. The van der Waals surface area contributed by atoms with Crippen molar-refractivity contribution in [3.05, 3.63) is 22.2 Å². The smallest absolute Gasteiger partial charge is 0.162 e. The molecule has 0 unspecified atom stereocenters. The Morgan fingerprint density at radius 2 is 2.19 bits per heavy atom. The van der Waals surface area contributed by atoms with E-state index in [1.807, 2.05) is 6.07 Å². The van der Waals surface area contributed by atoms with E-state index in [4.69, 9.17) is 10.5 Å². The molecule has 0 bridgehead atoms. The Bertz CT molecular complexity index is 355. The van der Waals surface area contributed by atoms with E-state index >= 15 is 0 Å². The molecule has 0 amide bonds. The molecule has 3 N–H and O–H groups in total. The Kier molecular flexibility index (Phi) is 5.09. The maximum Gasteiger partial charge on any atom is 0.162 e. The van der Waals surface area contributed by atoms with Crippen LogP contribution in [0.1, 0.15) is 37.8 Å². The van der Waals surface area contributed by atoms with Crippen molar-refractivity contribution >= 4 is 15.9 Å². The van der Waals surface area contributed by atoms with Crippen molar-refractivity contribution in [2.75, 3.05) is 7.11 Å². The van der Waals surface area contributed by atoms with Gasteiger partial charge in [0.25, 0.3) is 0 Å². The minimum Gasteiger partial charge on any atom is -0.504 e. The van der Waals surface area contributed by atoms with Crippen LogP contribution in [-0.4, -0.2) is 12.2 Å². The molecule has 4 heteroatoms. The summed E-state index contributed by atoms with van der Waals surface area (Å²) in [4.78, 5) is 0. The Balaban J connectivity index is 2.98. The van der Waals surface area contributed by atoms with E-state index in [9.17, 15) is 5.11 Å². The minimum absolute atomic E-state index is 0.147. The highest BCUT2D eigenvalue weighted by molar-refractivity contribution is 9.10. The summed E-state index contributed by atoms with van der Waals surface area (Å²) in [6.45, 7) is 2.12. The van der Waals surface area contributed by atoms with Crippen LogP contribution in [0.15, 0.2) is 16.6 Å². The van der Waals surface area contributed by atoms with Gasteiger partial charge < -0.3 is 15.6 Å². The molecule has 90 valence electrons. The van der Waals surface area contributed by atoms with Gasteiger partial charge in [0.1, 0.15) is 0 Å². The largest absolute Gasteiger partial charge is 0.504 e. The van der Waals surface area contributed by atoms with Crippen LogP contribution in [0.3, 0.4) is 0 Å². The second-order valence-corrected chi connectivity index (χ2v) is 4.71. The Hall–Kier alpha value is -0.740. The van der Waals surface area contributed by atoms with Crippen LogP contribution in [0.5, 0.6) is 11.5 Å². The highest BCUT2D eigenvalue weighted by atomic mass is 79.9. The van der Waals surface area contributed by atoms with Gasteiger partial charge in [-0.3, -0.25) is 0 Å². The molecular weight excluding hydrogens is 270 g/mol. The zero-order chi connectivity index (χ0) is 12.1. The zero-order valence-electron chi connectivity index (χ0n) is 9.66. The molecule has 0 saturated heterocycles. The number of benzene rings is 1. The minimum atomic E-state index is -0.147. The standard InChI is InChI=1S/C12H18BrNO2/c1-3-4-5-10(14)9-6-8(13)7-11(16-2)12(9)15/h6-7,10,15H,3-5,14H2,1-2H3/t10-/m1/s1. The van der Waals surface area contributed by atoms with Crippen LogP contribution in [-0.2, 0) is 0 Å². The molecule has 1 rings (SSSR count). The molecule has 0 aliphatic rings. The van der Waals surface area contributed by atoms with Crippen LogP contribution in [0.4, 0.5) is 0 Å². The number of halogens is 1. The summed E-state index contributed by atoms with van der Waals surface area (Å²) < 4.78 is 5.95. The summed E-state index contributed by atoms with van der Waals surface area (Å²) in [6.07, 6.45) is 3.01. The predicted octanol–water partition coefficient (Wildman–Crippen LogP) is 3.35. The summed E-state index contributed by atoms with van der Waals surface area (Å²) in [5.74, 6) is 0.602. The first-order valence-electron chi connectivity index (χ1n) is 5.42. The quantitative estimate of drug-likeness (QED) is 0.873. The third-order valence-electron chi connectivity index (χ3n) is 2.56. The number of methoxy groups -OCH3 is 1. The van der Waals surface area contributed by atoms with Crippen LogP contribution < -0.4 is 10.5 Å². The molecule has 1 atom stereocenters. The Labute approximate surface area is 105 Å². The van der Waals surface area contributed by atoms with Crippen LogP contribution in [0.2, 0.25) is 0 Å². The van der Waals surface area contributed by atoms with Gasteiger partial charge in [-0.2, -0.15) is 0 Å². The number of unbranched alkanes of at least 4 members (excludes halogenated alkanes) is 1. The fraction of sp³-hybridized carbons (Fsp3) is 0.500. The lowest BCUT2D eigenvalue weighted by molar-refractivity contribution is 0.367. The van der Waals surface area contributed by atoms with E-state index in [1.54, 1.807) is 6.07 Å². The van der Waals surface area contributed by atoms with Gasteiger partial charge in [-0.1, -0.05) is 35.7 Å². The molecule has 1 aromatic carbocycles. The molecule has 0 aliphatic carbocycles. The lowest BCUT2D eigenvalue weighted by Gasteiger charge is -2.15. The number of phenolic OH excluding ortho intramolecular Hbond substituents is 1. The van der Waals surface area contributed by atoms with E-state index in [-0.39, 0.29) is 11.8 Å². The number of hydrogen-bond donors (Lipinski definition) is 2. The SMILES string of the molecule is CCCC[C@@H](N)c1cc(Br)cc(OC)c1O. The predicted molar refractivity (Wildman–Crippen MR) is 68.8 cm³/mol. The third-order valence-corrected chi connectivity index (χ3v) is 3.02. The van der Waals surface area contributed by atoms with Gasteiger partial charge in [0.05, 0.1) is 7.11 Å². The lowest BCUT2D eigenvalue weighted by atomic mass is 10.0. The van der Waals surface area contributed by atoms with E-state index < -0.39 is 0 Å². The monoisotopic (exact) mass is 287 g/mol. The summed E-state index contributed by atoms with van der Waals surface area (Å²) in [6, 6.07) is 3.43. The van der Waals surface area contributed by atoms with E-state index in [1.165, 1.54) is 7.11 Å². The molecule has 0 aromatic heterocycles. The number of hydrogen-bond acceptors (Lipinski definition) is 3. The summed E-state index contributed by atoms with van der Waals surface area (Å²) >= 11 is 3.38. The first-order valence-corrected chi connectivity index (χ1v) is 6.21. The molecule has 0 saturated carbocycles. The van der Waals surface area contributed by atoms with Gasteiger partial charge in [0.2, 0.25) is 0 Å². The third kappa shape index (κ3) is 3.12. The molecular formula is C12H18BrNO2. The molecule has 0 heterocycles. The number of rotatable bonds is 5. The summed E-state index contributed by atoms with van der Waals surface area (Å²) in [5, 5.41) is 9.96. The van der Waals surface area contributed by atoms with Crippen molar-refractivity contribution < 1.29 is 9.84 Å². The maximum atomic E-state index is 9.96. The van der Waals surface area contributed by atoms with Crippen molar-refractivity contribution in [2.45, 2.75) is 32.2 Å². The second kappa shape index (κ2) is 6.11. The van der Waals surface area contributed by atoms with E-state index in [2.05, 4.69) is 22.9 Å². The van der Waals surface area contributed by atoms with Crippen LogP contribution in [0.25, 0.3) is 0 Å². The molecule has 0 radical (unpaired) electrons. The van der Waals surface area contributed by atoms with Crippen molar-refractivity contribution in [1.82, 2.24) is 0 Å². The van der Waals surface area contributed by atoms with Crippen LogP contribution in [0, 0.1) is 0 Å². The highest BCUT2D eigenvalue weighted by Gasteiger charge is 2.15. The first kappa shape index (κ1) is 13.3. The topological polar surface area (TPSA) is 55.5 Å². The normalized spacial score (nSPS) is 12.5. The van der Waals surface area contributed by atoms with Gasteiger partial charge in [-0.15, -0.1) is 0 Å². The molecule has 1 aromatic rings. The van der Waals surface area contributed by atoms with Crippen LogP contribution >= 0.6 is 15.9 Å². The lowest BCUT2D eigenvalue weighted by Crippen LogP contribution is -2.10. The maximum absolute atomic E-state index is 9.96. The number of ether oxygens (including phenoxy) is 1. The molecule has 16 heavy (non-hydrogen) atoms. The average Bonchev–Trinajstić information content (AvgIpc) is 2.28. The Morgan fingerprint density at radius 1 is 1.50 bits per heavy atom. The second-order valence-electron chi connectivity index (χ2n) is 3.79. The fourth-order valence-electron chi connectivity index (χ4n) is 1.61. The van der Waals surface area contributed by atoms with Gasteiger partial charge in [0.15, 0.2) is 11.5 Å². The number of nitrogens with two attached hydrogens (primary N) is 1. The van der Waals surface area contributed by atoms with Crippen molar-refractivity contribution in [2.24, 2.45) is 5.73 Å². The highest BCUT2D eigenvalue weighted by Crippen LogP contribution is 2.37. The number of aromatic hydroxyl groups is 1. The summed E-state index contributed by atoms with van der Waals surface area (Å²) in [5.41, 5.74) is 6.77. The summed E-state index contributed by atoms with van der Waals surface area (Å²) in [7, 11) is 1.53. The fourth-order valence-corrected chi connectivity index (χ4v) is 2.07. The molecule has 0 fully saturated rings. The van der Waals surface area contributed by atoms with Crippen molar-refractivity contribution in [3.8, 4) is 11.5 Å². The molecule has 0 aliphatic heterocycles. The van der Waals surface area contributed by atoms with E-state index in [0.717, 1.165) is 29.3 Å². The number of phenols is 1. The zero-order valence-corrected chi connectivity index (χ0v) is 11.3. The van der Waals surface area contributed by atoms with Crippen molar-refractivity contribution in [1.29, 1.82) is 0 Å². The van der Waals surface area contributed by atoms with Gasteiger partial charge >= 0.3 is 0 Å². The Morgan fingerprint density at radius 3 is 2.75 bits per heavy atom. The van der Waals surface area contributed by atoms with Crippen molar-refractivity contribution in [3.63, 3.8) is 0 Å². The molecule has 3 nitrogen and oxygen atoms in total. The van der Waals surface area contributed by atoms with Gasteiger partial charge in [0, 0.05) is 16.1 Å². The first-order chi connectivity index (χ1) is 7.60. The van der Waals surface area contributed by atoms with Gasteiger partial charge in [-0.25, -0.2) is 0 Å². The average molecular weight is 288 g/mol.